The zero-order chi connectivity index (χ0) is 14.0. The predicted octanol–water partition coefficient (Wildman–Crippen LogP) is 2.90. The molecule has 0 bridgehead atoms. The van der Waals surface area contributed by atoms with Crippen LogP contribution in [0.1, 0.15) is 24.8 Å². The van der Waals surface area contributed by atoms with Crippen LogP contribution in [0.15, 0.2) is 16.6 Å². The number of carbonyl (C=O) groups is 1. The summed E-state index contributed by atoms with van der Waals surface area (Å²) < 4.78 is 14.3. The Balaban J connectivity index is 2.43. The molecule has 1 aromatic rings. The molecule has 1 N–H and O–H groups in total. The highest BCUT2D eigenvalue weighted by molar-refractivity contribution is 9.10. The van der Waals surface area contributed by atoms with E-state index in [4.69, 9.17) is 5.26 Å². The molecular weight excluding hydrogens is 315 g/mol. The smallest absolute Gasteiger partial charge is 0.326 e. The Morgan fingerprint density at radius 3 is 2.89 bits per heavy atom. The molecule has 1 heterocycles. The number of carboxylic acid groups (broad SMARTS) is 1. The first-order valence-electron chi connectivity index (χ1n) is 5.93. The SMILES string of the molecule is N#Cc1ccc(N2CCCCC2C(=O)O)c(F)c1Br. The van der Waals surface area contributed by atoms with Crippen LogP contribution in [-0.2, 0) is 4.79 Å². The maximum Gasteiger partial charge on any atom is 0.326 e. The molecule has 0 spiro atoms. The normalized spacial score (nSPS) is 19.0. The number of nitrogens with zero attached hydrogens (tertiary/aromatic N) is 2. The number of benzene rings is 1. The van der Waals surface area contributed by atoms with Crippen molar-refractivity contribution in [2.24, 2.45) is 0 Å². The van der Waals surface area contributed by atoms with Crippen molar-refractivity contribution >= 4 is 27.6 Å². The lowest BCUT2D eigenvalue weighted by molar-refractivity contribution is -0.139. The Morgan fingerprint density at radius 2 is 2.26 bits per heavy atom. The molecule has 6 heteroatoms. The number of hydrogen-bond donors (Lipinski definition) is 1. The van der Waals surface area contributed by atoms with Gasteiger partial charge in [0.05, 0.1) is 15.7 Å². The minimum Gasteiger partial charge on any atom is -0.480 e. The van der Waals surface area contributed by atoms with E-state index in [0.717, 1.165) is 12.8 Å². The van der Waals surface area contributed by atoms with E-state index in [2.05, 4.69) is 15.9 Å². The topological polar surface area (TPSA) is 64.3 Å². The molecule has 1 aromatic carbocycles. The van der Waals surface area contributed by atoms with E-state index in [9.17, 15) is 14.3 Å². The third kappa shape index (κ3) is 2.56. The fourth-order valence-electron chi connectivity index (χ4n) is 2.32. The molecule has 0 aromatic heterocycles. The maximum absolute atomic E-state index is 14.2. The molecule has 0 amide bonds. The number of nitriles is 1. The molecule has 1 unspecified atom stereocenters. The monoisotopic (exact) mass is 326 g/mol. The molecule has 4 nitrogen and oxygen atoms in total. The van der Waals surface area contributed by atoms with Gasteiger partial charge in [0.25, 0.3) is 0 Å². The minimum atomic E-state index is -0.945. The highest BCUT2D eigenvalue weighted by atomic mass is 79.9. The second-order valence-electron chi connectivity index (χ2n) is 4.42. The van der Waals surface area contributed by atoms with E-state index in [1.165, 1.54) is 12.1 Å². The lowest BCUT2D eigenvalue weighted by atomic mass is 10.0. The number of hydrogen-bond acceptors (Lipinski definition) is 3. The number of rotatable bonds is 2. The number of aliphatic carboxylic acids is 1. The molecule has 100 valence electrons. The van der Waals surface area contributed by atoms with Crippen molar-refractivity contribution in [2.75, 3.05) is 11.4 Å². The van der Waals surface area contributed by atoms with Crippen LogP contribution in [0.2, 0.25) is 0 Å². The van der Waals surface area contributed by atoms with Crippen LogP contribution >= 0.6 is 15.9 Å². The third-order valence-electron chi connectivity index (χ3n) is 3.28. The van der Waals surface area contributed by atoms with Crippen LogP contribution in [0.5, 0.6) is 0 Å². The minimum absolute atomic E-state index is 0.0854. The highest BCUT2D eigenvalue weighted by Crippen LogP contribution is 2.32. The van der Waals surface area contributed by atoms with Gasteiger partial charge in [0.1, 0.15) is 12.1 Å². The van der Waals surface area contributed by atoms with Crippen molar-refractivity contribution in [1.29, 1.82) is 5.26 Å². The van der Waals surface area contributed by atoms with Crippen LogP contribution in [0, 0.1) is 17.1 Å². The second-order valence-corrected chi connectivity index (χ2v) is 5.21. The molecule has 1 saturated heterocycles. The summed E-state index contributed by atoms with van der Waals surface area (Å²) >= 11 is 3.04. The standard InChI is InChI=1S/C13H12BrFN2O2/c14-11-8(7-16)4-5-9(12(11)15)17-6-2-1-3-10(17)13(18)19/h4-5,10H,1-3,6H2,(H,18,19). The summed E-state index contributed by atoms with van der Waals surface area (Å²) in [6.45, 7) is 0.506. The first-order valence-corrected chi connectivity index (χ1v) is 6.73. The molecule has 1 aliphatic rings. The Hall–Kier alpha value is -1.61. The van der Waals surface area contributed by atoms with Crippen molar-refractivity contribution in [1.82, 2.24) is 0 Å². The fraction of sp³-hybridized carbons (Fsp3) is 0.385. The van der Waals surface area contributed by atoms with Crippen molar-refractivity contribution in [3.8, 4) is 6.07 Å². The summed E-state index contributed by atoms with van der Waals surface area (Å²) in [6, 6.07) is 4.14. The van der Waals surface area contributed by atoms with Gasteiger partial charge in [-0.2, -0.15) is 5.26 Å². The molecule has 2 rings (SSSR count). The first kappa shape index (κ1) is 13.8. The Bertz CT molecular complexity index is 556. The maximum atomic E-state index is 14.2. The van der Waals surface area contributed by atoms with E-state index in [0.29, 0.717) is 13.0 Å². The molecular formula is C13H12BrFN2O2. The lowest BCUT2D eigenvalue weighted by Gasteiger charge is -2.35. The first-order chi connectivity index (χ1) is 9.06. The summed E-state index contributed by atoms with van der Waals surface area (Å²) in [5, 5.41) is 18.0. The Morgan fingerprint density at radius 1 is 1.53 bits per heavy atom. The summed E-state index contributed by atoms with van der Waals surface area (Å²) in [5.41, 5.74) is 0.433. The Labute approximate surface area is 118 Å². The fourth-order valence-corrected chi connectivity index (χ4v) is 2.75. The molecule has 0 radical (unpaired) electrons. The zero-order valence-corrected chi connectivity index (χ0v) is 11.7. The molecule has 1 aliphatic heterocycles. The van der Waals surface area contributed by atoms with Gasteiger partial charge in [0.2, 0.25) is 0 Å². The van der Waals surface area contributed by atoms with Crippen LogP contribution in [-0.4, -0.2) is 23.7 Å². The van der Waals surface area contributed by atoms with Crippen molar-refractivity contribution in [3.63, 3.8) is 0 Å². The quantitative estimate of drug-likeness (QED) is 0.907. The molecule has 1 atom stereocenters. The predicted molar refractivity (Wildman–Crippen MR) is 71.4 cm³/mol. The summed E-state index contributed by atoms with van der Waals surface area (Å²) in [6.07, 6.45) is 2.17. The van der Waals surface area contributed by atoms with E-state index < -0.39 is 17.8 Å². The summed E-state index contributed by atoms with van der Waals surface area (Å²) in [4.78, 5) is 12.8. The van der Waals surface area contributed by atoms with Crippen LogP contribution < -0.4 is 4.90 Å². The zero-order valence-electron chi connectivity index (χ0n) is 10.1. The molecule has 0 aliphatic carbocycles. The molecule has 19 heavy (non-hydrogen) atoms. The van der Waals surface area contributed by atoms with Crippen LogP contribution in [0.25, 0.3) is 0 Å². The number of anilines is 1. The number of carboxylic acids is 1. The Kier molecular flexibility index (Phi) is 4.05. The number of piperidine rings is 1. The van der Waals surface area contributed by atoms with E-state index in [1.54, 1.807) is 4.90 Å². The van der Waals surface area contributed by atoms with E-state index in [-0.39, 0.29) is 15.7 Å². The van der Waals surface area contributed by atoms with E-state index >= 15 is 0 Å². The molecule has 0 saturated carbocycles. The van der Waals surface area contributed by atoms with Gasteiger partial charge in [-0.15, -0.1) is 0 Å². The van der Waals surface area contributed by atoms with Crippen molar-refractivity contribution in [3.05, 3.63) is 28.0 Å². The largest absolute Gasteiger partial charge is 0.480 e. The van der Waals surface area contributed by atoms with Gasteiger partial charge in [0, 0.05) is 6.54 Å². The summed E-state index contributed by atoms with van der Waals surface area (Å²) in [5.74, 6) is -1.52. The van der Waals surface area contributed by atoms with Crippen LogP contribution in [0.3, 0.4) is 0 Å². The summed E-state index contributed by atoms with van der Waals surface area (Å²) in [7, 11) is 0. The van der Waals surface area contributed by atoms with Gasteiger partial charge in [0.15, 0.2) is 5.82 Å². The van der Waals surface area contributed by atoms with Gasteiger partial charge in [-0.25, -0.2) is 9.18 Å². The molecule has 1 fully saturated rings. The van der Waals surface area contributed by atoms with E-state index in [1.807, 2.05) is 6.07 Å². The average molecular weight is 327 g/mol. The van der Waals surface area contributed by atoms with Crippen molar-refractivity contribution in [2.45, 2.75) is 25.3 Å². The van der Waals surface area contributed by atoms with Gasteiger partial charge < -0.3 is 10.0 Å². The third-order valence-corrected chi connectivity index (χ3v) is 4.05. The van der Waals surface area contributed by atoms with Gasteiger partial charge >= 0.3 is 5.97 Å². The van der Waals surface area contributed by atoms with Crippen molar-refractivity contribution < 1.29 is 14.3 Å². The number of halogens is 2. The highest BCUT2D eigenvalue weighted by Gasteiger charge is 2.30. The average Bonchev–Trinajstić information content (AvgIpc) is 2.42. The second kappa shape index (κ2) is 5.57. The van der Waals surface area contributed by atoms with Gasteiger partial charge in [-0.05, 0) is 47.3 Å². The van der Waals surface area contributed by atoms with Crippen LogP contribution in [0.4, 0.5) is 10.1 Å². The van der Waals surface area contributed by atoms with Gasteiger partial charge in [-0.1, -0.05) is 0 Å². The lowest BCUT2D eigenvalue weighted by Crippen LogP contribution is -2.45. The van der Waals surface area contributed by atoms with Gasteiger partial charge in [-0.3, -0.25) is 0 Å².